The summed E-state index contributed by atoms with van der Waals surface area (Å²) in [5.74, 6) is 2.76. The molecule has 1 aliphatic heterocycles. The lowest BCUT2D eigenvalue weighted by Crippen LogP contribution is -2.24. The molecule has 1 aliphatic rings. The van der Waals surface area contributed by atoms with Gasteiger partial charge in [0.2, 0.25) is 0 Å². The van der Waals surface area contributed by atoms with Crippen LogP contribution in [0, 0.1) is 20.8 Å². The third-order valence-corrected chi connectivity index (χ3v) is 4.32. The number of hydrogen-bond donors (Lipinski definition) is 0. The number of ether oxygens (including phenoxy) is 1. The number of hydrogen-bond acceptors (Lipinski definition) is 6. The molecule has 1 unspecified atom stereocenters. The summed E-state index contributed by atoms with van der Waals surface area (Å²) in [6.45, 7) is 10.4. The van der Waals surface area contributed by atoms with Crippen LogP contribution in [0.5, 0.6) is 0 Å². The highest BCUT2D eigenvalue weighted by Crippen LogP contribution is 2.22. The van der Waals surface area contributed by atoms with E-state index in [0.717, 1.165) is 60.3 Å². The molecule has 3 heterocycles. The lowest BCUT2D eigenvalue weighted by atomic mass is 10.2. The average Bonchev–Trinajstić information content (AvgIpc) is 3.12. The van der Waals surface area contributed by atoms with Gasteiger partial charge in [-0.1, -0.05) is 12.1 Å². The fourth-order valence-corrected chi connectivity index (χ4v) is 2.91. The molecule has 6 heteroatoms. The topological polar surface area (TPSA) is 64.3 Å². The van der Waals surface area contributed by atoms with Crippen LogP contribution in [0.1, 0.15) is 41.9 Å². The second-order valence-corrected chi connectivity index (χ2v) is 6.11. The standard InChI is InChI=1S/C17H24N4O2/c1-5-16-18-11(2)8-17(19-16)21-7-6-14(9-21)22-10-15-12(3)20-23-13(15)4/h8,14H,5-7,9-10H2,1-4H3. The molecule has 0 N–H and O–H groups in total. The first-order valence-corrected chi connectivity index (χ1v) is 8.19. The van der Waals surface area contributed by atoms with Crippen molar-refractivity contribution in [1.82, 2.24) is 15.1 Å². The predicted octanol–water partition coefficient (Wildman–Crippen LogP) is 2.75. The van der Waals surface area contributed by atoms with Crippen LogP contribution in [0.2, 0.25) is 0 Å². The summed E-state index contributed by atoms with van der Waals surface area (Å²) in [6, 6.07) is 2.05. The molecule has 2 aromatic rings. The maximum Gasteiger partial charge on any atom is 0.139 e. The number of nitrogens with zero attached hydrogens (tertiary/aromatic N) is 4. The summed E-state index contributed by atoms with van der Waals surface area (Å²) in [7, 11) is 0. The zero-order chi connectivity index (χ0) is 16.4. The van der Waals surface area contributed by atoms with Crippen molar-refractivity contribution >= 4 is 5.82 Å². The van der Waals surface area contributed by atoms with E-state index in [9.17, 15) is 0 Å². The van der Waals surface area contributed by atoms with Gasteiger partial charge in [0.25, 0.3) is 0 Å². The molecular formula is C17H24N4O2. The van der Waals surface area contributed by atoms with Crippen molar-refractivity contribution in [3.8, 4) is 0 Å². The van der Waals surface area contributed by atoms with Gasteiger partial charge in [0, 0.05) is 36.8 Å². The fraction of sp³-hybridized carbons (Fsp3) is 0.588. The van der Waals surface area contributed by atoms with E-state index in [1.807, 2.05) is 20.8 Å². The van der Waals surface area contributed by atoms with Crippen molar-refractivity contribution < 1.29 is 9.26 Å². The highest BCUT2D eigenvalue weighted by Gasteiger charge is 2.25. The normalized spacial score (nSPS) is 17.9. The van der Waals surface area contributed by atoms with Crippen LogP contribution in [0.4, 0.5) is 5.82 Å². The van der Waals surface area contributed by atoms with Gasteiger partial charge in [0.1, 0.15) is 17.4 Å². The van der Waals surface area contributed by atoms with Crippen LogP contribution >= 0.6 is 0 Å². The van der Waals surface area contributed by atoms with Crippen LogP contribution < -0.4 is 4.90 Å². The Bertz CT molecular complexity index is 664. The third kappa shape index (κ3) is 3.52. The van der Waals surface area contributed by atoms with Crippen molar-refractivity contribution in [3.05, 3.63) is 34.6 Å². The number of aromatic nitrogens is 3. The highest BCUT2D eigenvalue weighted by atomic mass is 16.5. The van der Waals surface area contributed by atoms with Gasteiger partial charge in [0.05, 0.1) is 18.4 Å². The Morgan fingerprint density at radius 1 is 1.30 bits per heavy atom. The molecule has 0 saturated carbocycles. The largest absolute Gasteiger partial charge is 0.371 e. The van der Waals surface area contributed by atoms with Crippen molar-refractivity contribution in [2.75, 3.05) is 18.0 Å². The Balaban J connectivity index is 1.61. The van der Waals surface area contributed by atoms with E-state index in [-0.39, 0.29) is 6.10 Å². The Morgan fingerprint density at radius 3 is 2.83 bits per heavy atom. The lowest BCUT2D eigenvalue weighted by molar-refractivity contribution is 0.0544. The summed E-state index contributed by atoms with van der Waals surface area (Å²) in [6.07, 6.45) is 2.08. The van der Waals surface area contributed by atoms with Gasteiger partial charge in [-0.2, -0.15) is 0 Å². The first kappa shape index (κ1) is 15.9. The van der Waals surface area contributed by atoms with Gasteiger partial charge in [0.15, 0.2) is 0 Å². The summed E-state index contributed by atoms with van der Waals surface area (Å²) in [4.78, 5) is 11.4. The SMILES string of the molecule is CCc1nc(C)cc(N2CCC(OCc3c(C)noc3C)C2)n1. The molecule has 0 spiro atoms. The molecule has 3 rings (SSSR count). The minimum atomic E-state index is 0.212. The molecule has 2 aromatic heterocycles. The zero-order valence-corrected chi connectivity index (χ0v) is 14.3. The van der Waals surface area contributed by atoms with Crippen LogP contribution in [0.15, 0.2) is 10.6 Å². The molecule has 124 valence electrons. The number of anilines is 1. The first-order chi connectivity index (χ1) is 11.1. The first-order valence-electron chi connectivity index (χ1n) is 8.19. The molecule has 23 heavy (non-hydrogen) atoms. The third-order valence-electron chi connectivity index (χ3n) is 4.32. The van der Waals surface area contributed by atoms with Crippen molar-refractivity contribution in [2.24, 2.45) is 0 Å². The van der Waals surface area contributed by atoms with E-state index in [4.69, 9.17) is 9.26 Å². The van der Waals surface area contributed by atoms with E-state index < -0.39 is 0 Å². The second kappa shape index (κ2) is 6.66. The molecule has 1 atom stereocenters. The molecule has 0 radical (unpaired) electrons. The maximum atomic E-state index is 6.06. The quantitative estimate of drug-likeness (QED) is 0.845. The van der Waals surface area contributed by atoms with Crippen molar-refractivity contribution in [2.45, 2.75) is 53.2 Å². The molecule has 0 aliphatic carbocycles. The maximum absolute atomic E-state index is 6.06. The lowest BCUT2D eigenvalue weighted by Gasteiger charge is -2.18. The van der Waals surface area contributed by atoms with E-state index in [1.165, 1.54) is 0 Å². The smallest absolute Gasteiger partial charge is 0.139 e. The van der Waals surface area contributed by atoms with Gasteiger partial charge in [-0.3, -0.25) is 0 Å². The minimum Gasteiger partial charge on any atom is -0.371 e. The van der Waals surface area contributed by atoms with E-state index in [1.54, 1.807) is 0 Å². The zero-order valence-electron chi connectivity index (χ0n) is 14.3. The Kier molecular flexibility index (Phi) is 4.61. The Hall–Kier alpha value is -1.95. The number of aryl methyl sites for hydroxylation is 4. The molecule has 1 fully saturated rings. The van der Waals surface area contributed by atoms with Crippen LogP contribution in [-0.4, -0.2) is 34.3 Å². The Labute approximate surface area is 136 Å². The number of rotatable bonds is 5. The highest BCUT2D eigenvalue weighted by molar-refractivity contribution is 5.41. The van der Waals surface area contributed by atoms with Crippen LogP contribution in [-0.2, 0) is 17.8 Å². The van der Waals surface area contributed by atoms with Gasteiger partial charge in [-0.15, -0.1) is 0 Å². The predicted molar refractivity (Wildman–Crippen MR) is 87.5 cm³/mol. The summed E-state index contributed by atoms with van der Waals surface area (Å²) < 4.78 is 11.2. The summed E-state index contributed by atoms with van der Waals surface area (Å²) in [5, 5.41) is 3.97. The van der Waals surface area contributed by atoms with Crippen molar-refractivity contribution in [1.29, 1.82) is 0 Å². The van der Waals surface area contributed by atoms with Crippen LogP contribution in [0.3, 0.4) is 0 Å². The molecule has 0 bridgehead atoms. The fourth-order valence-electron chi connectivity index (χ4n) is 2.91. The minimum absolute atomic E-state index is 0.212. The molecule has 1 saturated heterocycles. The van der Waals surface area contributed by atoms with E-state index >= 15 is 0 Å². The molecule has 6 nitrogen and oxygen atoms in total. The van der Waals surface area contributed by atoms with Crippen molar-refractivity contribution in [3.63, 3.8) is 0 Å². The Morgan fingerprint density at radius 2 is 2.13 bits per heavy atom. The van der Waals surface area contributed by atoms with Gasteiger partial charge >= 0.3 is 0 Å². The molecule has 0 aromatic carbocycles. The van der Waals surface area contributed by atoms with Gasteiger partial charge < -0.3 is 14.2 Å². The monoisotopic (exact) mass is 316 g/mol. The van der Waals surface area contributed by atoms with Gasteiger partial charge in [-0.25, -0.2) is 9.97 Å². The average molecular weight is 316 g/mol. The summed E-state index contributed by atoms with van der Waals surface area (Å²) >= 11 is 0. The van der Waals surface area contributed by atoms with Crippen LogP contribution in [0.25, 0.3) is 0 Å². The second-order valence-electron chi connectivity index (χ2n) is 6.11. The van der Waals surface area contributed by atoms with E-state index in [2.05, 4.69) is 33.0 Å². The molecule has 0 amide bonds. The van der Waals surface area contributed by atoms with Gasteiger partial charge in [-0.05, 0) is 27.2 Å². The summed E-state index contributed by atoms with van der Waals surface area (Å²) in [5.41, 5.74) is 3.00. The van der Waals surface area contributed by atoms with E-state index in [0.29, 0.717) is 6.61 Å². The molecular weight excluding hydrogens is 292 g/mol.